The van der Waals surface area contributed by atoms with E-state index in [1.165, 1.54) is 36.4 Å². The first-order valence-corrected chi connectivity index (χ1v) is 5.24. The van der Waals surface area contributed by atoms with Gasteiger partial charge in [-0.25, -0.2) is 0 Å². The summed E-state index contributed by atoms with van der Waals surface area (Å²) in [6, 6.07) is 1.52. The highest BCUT2D eigenvalue weighted by Crippen LogP contribution is 1.97. The van der Waals surface area contributed by atoms with Gasteiger partial charge in [-0.3, -0.25) is 0 Å². The molecule has 0 fully saturated rings. The summed E-state index contributed by atoms with van der Waals surface area (Å²) in [6.07, 6.45) is 3.97. The van der Waals surface area contributed by atoms with Gasteiger partial charge >= 0.3 is 0 Å². The quantitative estimate of drug-likeness (QED) is 0.465. The fourth-order valence-corrected chi connectivity index (χ4v) is 1.16. The van der Waals surface area contributed by atoms with Crippen molar-refractivity contribution in [3.63, 3.8) is 0 Å². The molecule has 0 aliphatic rings. The number of aromatic nitrogens is 2. The molecule has 2 N–H and O–H groups in total. The largest absolute Gasteiger partial charge is 0.377 e. The first-order valence-electron chi connectivity index (χ1n) is 4.26. The van der Waals surface area contributed by atoms with Crippen LogP contribution in [0.15, 0.2) is 28.7 Å². The predicted molar refractivity (Wildman–Crippen MR) is 58.3 cm³/mol. The van der Waals surface area contributed by atoms with Gasteiger partial charge in [0.2, 0.25) is 0 Å². The fraction of sp³-hybridized carbons (Fsp3) is 0.250. The monoisotopic (exact) mass is 228 g/mol. The van der Waals surface area contributed by atoms with Gasteiger partial charge < -0.3 is 5.73 Å². The second-order valence-corrected chi connectivity index (χ2v) is 3.75. The molecule has 0 saturated carbocycles. The van der Waals surface area contributed by atoms with Crippen LogP contribution >= 0.6 is 11.8 Å². The molecule has 1 heterocycles. The standard InChI is InChI=1S/C8H10FN5S/c1-2-15-8(10)13-11-5-7-3-4-14(9)12-6-7/h3-6,10H,2H2,1H3/p+1. The minimum absolute atomic E-state index is 0.210. The number of nitrogens with two attached hydrogens (primary N) is 1. The van der Waals surface area contributed by atoms with Crippen molar-refractivity contribution in [1.29, 1.82) is 0 Å². The van der Waals surface area contributed by atoms with Gasteiger partial charge in [0.25, 0.3) is 6.20 Å². The van der Waals surface area contributed by atoms with Gasteiger partial charge in [0, 0.05) is 16.7 Å². The zero-order valence-corrected chi connectivity index (χ0v) is 8.99. The molecule has 0 aliphatic heterocycles. The molecule has 0 aromatic carbocycles. The van der Waals surface area contributed by atoms with Crippen LogP contribution in [0.5, 0.6) is 0 Å². The molecule has 0 bridgehead atoms. The summed E-state index contributed by atoms with van der Waals surface area (Å²) < 4.78 is 12.3. The second kappa shape index (κ2) is 6.07. The normalized spacial score (nSPS) is 12.3. The average molecular weight is 228 g/mol. The minimum atomic E-state index is 0.210. The molecule has 0 amide bonds. The zero-order valence-electron chi connectivity index (χ0n) is 8.17. The van der Waals surface area contributed by atoms with Crippen LogP contribution in [0.2, 0.25) is 0 Å². The fourth-order valence-electron chi connectivity index (χ4n) is 0.756. The highest BCUT2D eigenvalue weighted by molar-refractivity contribution is 8.13. The zero-order chi connectivity index (χ0) is 11.1. The first-order chi connectivity index (χ1) is 7.22. The van der Waals surface area contributed by atoms with E-state index in [2.05, 4.69) is 15.3 Å². The van der Waals surface area contributed by atoms with Gasteiger partial charge in [0.15, 0.2) is 5.17 Å². The third-order valence-corrected chi connectivity index (χ3v) is 2.03. The van der Waals surface area contributed by atoms with Gasteiger partial charge in [-0.15, -0.1) is 5.10 Å². The van der Waals surface area contributed by atoms with E-state index in [1.807, 2.05) is 6.92 Å². The molecule has 15 heavy (non-hydrogen) atoms. The van der Waals surface area contributed by atoms with Crippen LogP contribution in [0, 0.1) is 0 Å². The van der Waals surface area contributed by atoms with Gasteiger partial charge in [0.1, 0.15) is 15.6 Å². The summed E-state index contributed by atoms with van der Waals surface area (Å²) in [6.45, 7) is 1.97. The Morgan fingerprint density at radius 1 is 1.80 bits per heavy atom. The Bertz CT molecular complexity index is 362. The Hall–Kier alpha value is -1.50. The van der Waals surface area contributed by atoms with Crippen molar-refractivity contribution in [1.82, 2.24) is 5.10 Å². The second-order valence-electron chi connectivity index (χ2n) is 2.46. The lowest BCUT2D eigenvalue weighted by Gasteiger charge is -1.91. The van der Waals surface area contributed by atoms with E-state index in [4.69, 9.17) is 5.73 Å². The van der Waals surface area contributed by atoms with Gasteiger partial charge in [-0.1, -0.05) is 18.7 Å². The maximum Gasteiger partial charge on any atom is 0.251 e. The number of hydrogen-bond donors (Lipinski definition) is 1. The van der Waals surface area contributed by atoms with E-state index in [0.717, 1.165) is 5.75 Å². The van der Waals surface area contributed by atoms with Gasteiger partial charge in [0.05, 0.1) is 6.21 Å². The Balaban J connectivity index is 2.58. The molecule has 1 aromatic heterocycles. The molecule has 5 nitrogen and oxygen atoms in total. The number of halogens is 1. The average Bonchev–Trinajstić information content (AvgIpc) is 2.21. The van der Waals surface area contributed by atoms with E-state index >= 15 is 0 Å². The molecule has 0 spiro atoms. The molecular weight excluding hydrogens is 217 g/mol. The summed E-state index contributed by atoms with van der Waals surface area (Å²) >= 11 is 1.40. The van der Waals surface area contributed by atoms with Crippen LogP contribution < -0.4 is 10.6 Å². The minimum Gasteiger partial charge on any atom is -0.377 e. The molecule has 0 saturated heterocycles. The van der Waals surface area contributed by atoms with Crippen LogP contribution in [0.3, 0.4) is 0 Å². The number of nitrogens with zero attached hydrogens (tertiary/aromatic N) is 4. The number of rotatable bonds is 3. The topological polar surface area (TPSA) is 67.5 Å². The number of thioether (sulfide) groups is 1. The molecule has 1 rings (SSSR count). The Morgan fingerprint density at radius 3 is 3.20 bits per heavy atom. The lowest BCUT2D eigenvalue weighted by Crippen LogP contribution is -2.26. The van der Waals surface area contributed by atoms with Crippen LogP contribution in [0.1, 0.15) is 12.5 Å². The van der Waals surface area contributed by atoms with Crippen molar-refractivity contribution in [3.05, 3.63) is 24.0 Å². The van der Waals surface area contributed by atoms with E-state index in [1.54, 1.807) is 0 Å². The van der Waals surface area contributed by atoms with E-state index in [9.17, 15) is 4.48 Å². The molecule has 7 heteroatoms. The van der Waals surface area contributed by atoms with Crippen molar-refractivity contribution in [2.45, 2.75) is 6.92 Å². The highest BCUT2D eigenvalue weighted by atomic mass is 32.2. The Kier molecular flexibility index (Phi) is 4.69. The third kappa shape index (κ3) is 4.50. The Morgan fingerprint density at radius 2 is 2.60 bits per heavy atom. The molecular formula is C8H11FN5S+. The van der Waals surface area contributed by atoms with E-state index < -0.39 is 0 Å². The lowest BCUT2D eigenvalue weighted by atomic mass is 10.3. The molecule has 0 aliphatic carbocycles. The smallest absolute Gasteiger partial charge is 0.251 e. The predicted octanol–water partition coefficient (Wildman–Crippen LogP) is 0.503. The summed E-state index contributed by atoms with van der Waals surface area (Å²) in [5, 5.41) is 11.3. The molecule has 0 radical (unpaired) electrons. The maximum atomic E-state index is 12.3. The molecule has 0 atom stereocenters. The van der Waals surface area contributed by atoms with Crippen molar-refractivity contribution >= 4 is 23.1 Å². The van der Waals surface area contributed by atoms with E-state index in [-0.39, 0.29) is 4.90 Å². The molecule has 1 aromatic rings. The summed E-state index contributed by atoms with van der Waals surface area (Å²) in [4.78, 5) is 0.210. The number of amidine groups is 1. The first kappa shape index (κ1) is 11.6. The van der Waals surface area contributed by atoms with Crippen LogP contribution in [-0.2, 0) is 0 Å². The maximum absolute atomic E-state index is 12.3. The summed E-state index contributed by atoms with van der Waals surface area (Å²) in [5.41, 5.74) is 6.15. The molecule has 80 valence electrons. The van der Waals surface area contributed by atoms with Crippen molar-refractivity contribution in [3.8, 4) is 0 Å². The van der Waals surface area contributed by atoms with Gasteiger partial charge in [-0.2, -0.15) is 5.10 Å². The van der Waals surface area contributed by atoms with E-state index in [0.29, 0.717) is 10.7 Å². The van der Waals surface area contributed by atoms with Gasteiger partial charge in [-0.05, 0) is 5.75 Å². The molecule has 0 unspecified atom stereocenters. The van der Waals surface area contributed by atoms with Crippen molar-refractivity contribution in [2.75, 3.05) is 5.75 Å². The summed E-state index contributed by atoms with van der Waals surface area (Å²) in [7, 11) is 0. The Labute approximate surface area is 90.8 Å². The van der Waals surface area contributed by atoms with Crippen molar-refractivity contribution < 1.29 is 9.39 Å². The number of hydrogen-bond acceptors (Lipinski definition) is 4. The summed E-state index contributed by atoms with van der Waals surface area (Å²) in [5.74, 6) is 0.847. The van der Waals surface area contributed by atoms with Crippen LogP contribution in [0.4, 0.5) is 4.48 Å². The third-order valence-electron chi connectivity index (χ3n) is 1.36. The van der Waals surface area contributed by atoms with Crippen molar-refractivity contribution in [2.24, 2.45) is 15.9 Å². The van der Waals surface area contributed by atoms with Crippen LogP contribution in [0.25, 0.3) is 0 Å². The highest BCUT2D eigenvalue weighted by Gasteiger charge is 1.97. The van der Waals surface area contributed by atoms with Crippen LogP contribution in [-0.4, -0.2) is 22.2 Å². The SMILES string of the molecule is CCS/C(N)=N\N=C\c1cc[n+](F)nc1. The lowest BCUT2D eigenvalue weighted by molar-refractivity contribution is -0.891.